The van der Waals surface area contributed by atoms with Crippen LogP contribution in [0.25, 0.3) is 0 Å². The molecule has 0 radical (unpaired) electrons. The highest BCUT2D eigenvalue weighted by Gasteiger charge is 2.32. The first-order valence-corrected chi connectivity index (χ1v) is 8.51. The number of hydrogen-bond donors (Lipinski definition) is 2. The third-order valence-corrected chi connectivity index (χ3v) is 4.41. The number of amides is 2. The first-order valence-electron chi connectivity index (χ1n) is 6.56. The van der Waals surface area contributed by atoms with E-state index < -0.39 is 5.25 Å². The summed E-state index contributed by atoms with van der Waals surface area (Å²) >= 11 is 3.42. The molecule has 2 rings (SSSR count). The summed E-state index contributed by atoms with van der Waals surface area (Å²) in [6.07, 6.45) is 0.0936. The molecule has 0 saturated carbocycles. The van der Waals surface area contributed by atoms with Crippen molar-refractivity contribution in [3.05, 3.63) is 27.8 Å². The van der Waals surface area contributed by atoms with Gasteiger partial charge in [-0.3, -0.25) is 9.59 Å². The minimum Gasteiger partial charge on any atom is -0.326 e. The summed E-state index contributed by atoms with van der Waals surface area (Å²) in [7, 11) is 0. The Kier molecular flexibility index (Phi) is 5.95. The Morgan fingerprint density at radius 2 is 2.05 bits per heavy atom. The lowest BCUT2D eigenvalue weighted by Crippen LogP contribution is -2.28. The summed E-state index contributed by atoms with van der Waals surface area (Å²) in [4.78, 5) is 23.8. The molecular weight excluding hydrogens is 415 g/mol. The van der Waals surface area contributed by atoms with Gasteiger partial charge in [-0.05, 0) is 60.7 Å². The van der Waals surface area contributed by atoms with Crippen molar-refractivity contribution in [3.63, 3.8) is 0 Å². The van der Waals surface area contributed by atoms with Crippen molar-refractivity contribution in [1.82, 2.24) is 5.32 Å². The van der Waals surface area contributed by atoms with Crippen LogP contribution in [0.5, 0.6) is 0 Å². The van der Waals surface area contributed by atoms with Gasteiger partial charge in [0.15, 0.2) is 5.17 Å². The van der Waals surface area contributed by atoms with E-state index in [-0.39, 0.29) is 18.2 Å². The number of anilines is 1. The average Bonchev–Trinajstić information content (AvgIpc) is 2.79. The third kappa shape index (κ3) is 5.09. The summed E-state index contributed by atoms with van der Waals surface area (Å²) in [6.45, 7) is 3.63. The maximum atomic E-state index is 12.0. The van der Waals surface area contributed by atoms with Gasteiger partial charge in [-0.2, -0.15) is 5.10 Å². The standard InChI is InChI=1S/C14H15IN4O2S/c1-8(2)18-19-14-17-13(21)11(22-14)7-12(20)16-10-5-3-9(15)4-6-10/h3-6,11H,7H2,1-2H3,(H,16,20)(H,17,19,21). The number of nitrogens with zero attached hydrogens (tertiary/aromatic N) is 2. The quantitative estimate of drug-likeness (QED) is 0.438. The molecule has 1 atom stereocenters. The second kappa shape index (κ2) is 7.73. The van der Waals surface area contributed by atoms with Gasteiger partial charge >= 0.3 is 0 Å². The van der Waals surface area contributed by atoms with Crippen LogP contribution in [0, 0.1) is 3.57 Å². The van der Waals surface area contributed by atoms with Crippen molar-refractivity contribution >= 4 is 62.7 Å². The van der Waals surface area contributed by atoms with Crippen LogP contribution >= 0.6 is 34.4 Å². The zero-order chi connectivity index (χ0) is 16.1. The van der Waals surface area contributed by atoms with Crippen LogP contribution in [0.15, 0.2) is 34.5 Å². The summed E-state index contributed by atoms with van der Waals surface area (Å²) < 4.78 is 1.09. The highest BCUT2D eigenvalue weighted by atomic mass is 127. The molecule has 1 fully saturated rings. The molecule has 0 aromatic heterocycles. The van der Waals surface area contributed by atoms with Gasteiger partial charge in [0.25, 0.3) is 0 Å². The van der Waals surface area contributed by atoms with E-state index in [0.29, 0.717) is 10.9 Å². The van der Waals surface area contributed by atoms with Gasteiger partial charge in [0.2, 0.25) is 11.8 Å². The second-order valence-electron chi connectivity index (χ2n) is 4.81. The Morgan fingerprint density at radius 3 is 2.68 bits per heavy atom. The molecule has 1 unspecified atom stereocenters. The zero-order valence-electron chi connectivity index (χ0n) is 12.1. The topological polar surface area (TPSA) is 82.9 Å². The molecule has 1 saturated heterocycles. The highest BCUT2D eigenvalue weighted by Crippen LogP contribution is 2.23. The van der Waals surface area contributed by atoms with Crippen molar-refractivity contribution in [3.8, 4) is 0 Å². The summed E-state index contributed by atoms with van der Waals surface area (Å²) in [6, 6.07) is 7.46. The number of amidine groups is 1. The first-order chi connectivity index (χ1) is 10.4. The van der Waals surface area contributed by atoms with Crippen LogP contribution in [0.4, 0.5) is 5.69 Å². The fourth-order valence-corrected chi connectivity index (χ4v) is 2.92. The third-order valence-electron chi connectivity index (χ3n) is 2.62. The maximum Gasteiger partial charge on any atom is 0.240 e. The van der Waals surface area contributed by atoms with Gasteiger partial charge in [-0.1, -0.05) is 11.8 Å². The largest absolute Gasteiger partial charge is 0.326 e. The van der Waals surface area contributed by atoms with Gasteiger partial charge < -0.3 is 10.6 Å². The van der Waals surface area contributed by atoms with Crippen molar-refractivity contribution in [2.75, 3.05) is 5.32 Å². The van der Waals surface area contributed by atoms with E-state index in [4.69, 9.17) is 0 Å². The molecule has 8 heteroatoms. The first kappa shape index (κ1) is 16.9. The minimum absolute atomic E-state index is 0.0936. The SMILES string of the molecule is CC(C)=N/N=C1/NC(=O)C(CC(=O)Nc2ccc(I)cc2)S1. The van der Waals surface area contributed by atoms with E-state index in [1.165, 1.54) is 11.8 Å². The van der Waals surface area contributed by atoms with Crippen LogP contribution in [0.1, 0.15) is 20.3 Å². The summed E-state index contributed by atoms with van der Waals surface area (Å²) in [5, 5.41) is 13.2. The fraction of sp³-hybridized carbons (Fsp3) is 0.286. The average molecular weight is 430 g/mol. The molecular formula is C14H15IN4O2S. The molecule has 0 spiro atoms. The Labute approximate surface area is 146 Å². The molecule has 1 aliphatic rings. The molecule has 1 heterocycles. The number of thioether (sulfide) groups is 1. The van der Waals surface area contributed by atoms with E-state index in [1.807, 2.05) is 38.1 Å². The number of carbonyl (C=O) groups is 2. The molecule has 6 nitrogen and oxygen atoms in total. The van der Waals surface area contributed by atoms with Gasteiger partial charge in [0.1, 0.15) is 5.25 Å². The zero-order valence-corrected chi connectivity index (χ0v) is 15.1. The van der Waals surface area contributed by atoms with Crippen molar-refractivity contribution in [1.29, 1.82) is 0 Å². The van der Waals surface area contributed by atoms with E-state index >= 15 is 0 Å². The van der Waals surface area contributed by atoms with Crippen LogP contribution in [-0.2, 0) is 9.59 Å². The highest BCUT2D eigenvalue weighted by molar-refractivity contribution is 14.1. The monoisotopic (exact) mass is 430 g/mol. The summed E-state index contributed by atoms with van der Waals surface area (Å²) in [5.74, 6) is -0.421. The van der Waals surface area contributed by atoms with Crippen molar-refractivity contribution < 1.29 is 9.59 Å². The molecule has 116 valence electrons. The van der Waals surface area contributed by atoms with Crippen LogP contribution in [0.3, 0.4) is 0 Å². The van der Waals surface area contributed by atoms with E-state index in [9.17, 15) is 9.59 Å². The Bertz CT molecular complexity index is 639. The molecule has 1 aromatic rings. The Hall–Kier alpha value is -1.42. The van der Waals surface area contributed by atoms with Gasteiger partial charge in [0.05, 0.1) is 0 Å². The number of hydrogen-bond acceptors (Lipinski definition) is 5. The van der Waals surface area contributed by atoms with Crippen LogP contribution < -0.4 is 10.6 Å². The van der Waals surface area contributed by atoms with Gasteiger partial charge in [-0.15, -0.1) is 5.10 Å². The number of carbonyl (C=O) groups excluding carboxylic acids is 2. The molecule has 22 heavy (non-hydrogen) atoms. The minimum atomic E-state index is -0.477. The number of benzene rings is 1. The predicted octanol–water partition coefficient (Wildman–Crippen LogP) is 2.60. The van der Waals surface area contributed by atoms with Crippen LogP contribution in [-0.4, -0.2) is 27.9 Å². The molecule has 1 aromatic carbocycles. The number of rotatable bonds is 4. The lowest BCUT2D eigenvalue weighted by Gasteiger charge is -2.07. The van der Waals surface area contributed by atoms with Crippen molar-refractivity contribution in [2.45, 2.75) is 25.5 Å². The lowest BCUT2D eigenvalue weighted by atomic mass is 10.2. The summed E-state index contributed by atoms with van der Waals surface area (Å²) in [5.41, 5.74) is 1.51. The molecule has 0 bridgehead atoms. The van der Waals surface area contributed by atoms with E-state index in [0.717, 1.165) is 9.28 Å². The van der Waals surface area contributed by atoms with Crippen LogP contribution in [0.2, 0.25) is 0 Å². The van der Waals surface area contributed by atoms with E-state index in [1.54, 1.807) is 0 Å². The van der Waals surface area contributed by atoms with Crippen molar-refractivity contribution in [2.24, 2.45) is 10.2 Å². The molecule has 1 aliphatic heterocycles. The smallest absolute Gasteiger partial charge is 0.240 e. The number of halogens is 1. The van der Waals surface area contributed by atoms with E-state index in [2.05, 4.69) is 43.4 Å². The fourth-order valence-electron chi connectivity index (χ4n) is 1.65. The second-order valence-corrected chi connectivity index (χ2v) is 7.24. The lowest BCUT2D eigenvalue weighted by molar-refractivity contribution is -0.122. The normalized spacial score (nSPS) is 19.0. The molecule has 2 amide bonds. The van der Waals surface area contributed by atoms with Gasteiger partial charge in [0, 0.05) is 21.4 Å². The maximum absolute atomic E-state index is 12.0. The van der Waals surface area contributed by atoms with Gasteiger partial charge in [-0.25, -0.2) is 0 Å². The Morgan fingerprint density at radius 1 is 1.36 bits per heavy atom. The molecule has 0 aliphatic carbocycles. The molecule has 2 N–H and O–H groups in total. The number of nitrogens with one attached hydrogen (secondary N) is 2. The predicted molar refractivity (Wildman–Crippen MR) is 98.1 cm³/mol. The Balaban J connectivity index is 1.92.